The first-order chi connectivity index (χ1) is 11.8. The Morgan fingerprint density at radius 2 is 1.80 bits per heavy atom. The van der Waals surface area contributed by atoms with Crippen LogP contribution in [-0.4, -0.2) is 42.3 Å². The number of carbonyl (C=O) groups is 1. The molecule has 0 atom stereocenters. The van der Waals surface area contributed by atoms with Gasteiger partial charge in [-0.2, -0.15) is 0 Å². The Labute approximate surface area is 152 Å². The minimum atomic E-state index is -0.437. The molecule has 0 aliphatic carbocycles. The van der Waals surface area contributed by atoms with E-state index in [1.807, 2.05) is 31.7 Å². The molecule has 1 amide bonds. The van der Waals surface area contributed by atoms with Crippen LogP contribution in [0.4, 0.5) is 10.5 Å². The fraction of sp³-hybridized carbons (Fsp3) is 0.571. The molecular weight excluding hydrogens is 312 g/mol. The number of piperidine rings is 1. The zero-order valence-corrected chi connectivity index (χ0v) is 16.3. The number of hydrogen-bond donors (Lipinski definition) is 0. The summed E-state index contributed by atoms with van der Waals surface area (Å²) in [6, 6.07) is 11.0. The number of likely N-dealkylation sites (tertiary alicyclic amines) is 1. The van der Waals surface area contributed by atoms with E-state index in [9.17, 15) is 4.79 Å². The monoisotopic (exact) mass is 344 g/mol. The fourth-order valence-corrected chi connectivity index (χ4v) is 3.05. The molecule has 0 radical (unpaired) electrons. The zero-order valence-electron chi connectivity index (χ0n) is 16.3. The Balaban J connectivity index is 2.02. The third kappa shape index (κ3) is 6.11. The van der Waals surface area contributed by atoms with Gasteiger partial charge in [-0.15, -0.1) is 0 Å². The number of hydrogen-bond acceptors (Lipinski definition) is 3. The topological polar surface area (TPSA) is 32.8 Å². The fourth-order valence-electron chi connectivity index (χ4n) is 3.05. The molecule has 1 saturated heterocycles. The molecule has 4 nitrogen and oxygen atoms in total. The third-order valence-corrected chi connectivity index (χ3v) is 4.34. The number of benzene rings is 1. The molecule has 1 aliphatic heterocycles. The molecular formula is C21H32N2O2. The standard InChI is InChI=1S/C21H32N2O2/c1-17(2)11-16-23(18-9-7-6-8-10-18)19-12-14-22(15-13-19)20(24)25-21(3,4)5/h6-11,19H,12-16H2,1-5H3. The number of rotatable bonds is 4. The van der Waals surface area contributed by atoms with Crippen molar-refractivity contribution in [3.05, 3.63) is 42.0 Å². The molecule has 0 aromatic heterocycles. The second-order valence-corrected chi connectivity index (χ2v) is 7.97. The van der Waals surface area contributed by atoms with E-state index in [4.69, 9.17) is 4.74 Å². The third-order valence-electron chi connectivity index (χ3n) is 4.34. The van der Waals surface area contributed by atoms with Crippen LogP contribution in [0, 0.1) is 0 Å². The van der Waals surface area contributed by atoms with E-state index in [0.29, 0.717) is 6.04 Å². The summed E-state index contributed by atoms with van der Waals surface area (Å²) in [5.41, 5.74) is 2.14. The van der Waals surface area contributed by atoms with Crippen LogP contribution in [0.3, 0.4) is 0 Å². The highest BCUT2D eigenvalue weighted by Gasteiger charge is 2.29. The van der Waals surface area contributed by atoms with E-state index in [-0.39, 0.29) is 6.09 Å². The van der Waals surface area contributed by atoms with Crippen molar-refractivity contribution >= 4 is 11.8 Å². The summed E-state index contributed by atoms with van der Waals surface area (Å²) in [5, 5.41) is 0. The van der Waals surface area contributed by atoms with Gasteiger partial charge in [-0.05, 0) is 59.6 Å². The largest absolute Gasteiger partial charge is 0.444 e. The average Bonchev–Trinajstić information content (AvgIpc) is 2.55. The number of allylic oxidation sites excluding steroid dienone is 1. The lowest BCUT2D eigenvalue weighted by molar-refractivity contribution is 0.0205. The predicted octanol–water partition coefficient (Wildman–Crippen LogP) is 4.86. The molecule has 0 spiro atoms. The highest BCUT2D eigenvalue weighted by atomic mass is 16.6. The van der Waals surface area contributed by atoms with Gasteiger partial charge in [0.2, 0.25) is 0 Å². The average molecular weight is 344 g/mol. The lowest BCUT2D eigenvalue weighted by Gasteiger charge is -2.39. The number of para-hydroxylation sites is 1. The van der Waals surface area contributed by atoms with Crippen LogP contribution in [0.5, 0.6) is 0 Å². The SMILES string of the molecule is CC(C)=CCN(c1ccccc1)C1CCN(C(=O)OC(C)(C)C)CC1. The number of amides is 1. The summed E-state index contributed by atoms with van der Waals surface area (Å²) in [5.74, 6) is 0. The van der Waals surface area contributed by atoms with Gasteiger partial charge >= 0.3 is 6.09 Å². The Bertz CT molecular complexity index is 578. The predicted molar refractivity (Wildman–Crippen MR) is 104 cm³/mol. The first kappa shape index (κ1) is 19.4. The van der Waals surface area contributed by atoms with Crippen molar-refractivity contribution in [1.82, 2.24) is 4.90 Å². The molecule has 1 fully saturated rings. The van der Waals surface area contributed by atoms with Gasteiger partial charge in [0.1, 0.15) is 5.60 Å². The molecule has 0 saturated carbocycles. The van der Waals surface area contributed by atoms with E-state index in [0.717, 1.165) is 32.5 Å². The quantitative estimate of drug-likeness (QED) is 0.731. The Hall–Kier alpha value is -1.97. The van der Waals surface area contributed by atoms with Crippen LogP contribution in [-0.2, 0) is 4.74 Å². The molecule has 0 bridgehead atoms. The van der Waals surface area contributed by atoms with Gasteiger partial charge in [-0.1, -0.05) is 29.8 Å². The summed E-state index contributed by atoms with van der Waals surface area (Å²) < 4.78 is 5.50. The Morgan fingerprint density at radius 3 is 2.32 bits per heavy atom. The van der Waals surface area contributed by atoms with E-state index in [2.05, 4.69) is 49.1 Å². The van der Waals surface area contributed by atoms with Crippen LogP contribution in [0.2, 0.25) is 0 Å². The van der Waals surface area contributed by atoms with Crippen LogP contribution in [0.25, 0.3) is 0 Å². The summed E-state index contributed by atoms with van der Waals surface area (Å²) in [7, 11) is 0. The van der Waals surface area contributed by atoms with Gasteiger partial charge in [0.25, 0.3) is 0 Å². The van der Waals surface area contributed by atoms with Gasteiger partial charge in [-0.25, -0.2) is 4.79 Å². The van der Waals surface area contributed by atoms with Gasteiger partial charge in [-0.3, -0.25) is 0 Å². The number of ether oxygens (including phenoxy) is 1. The van der Waals surface area contributed by atoms with E-state index in [1.165, 1.54) is 11.3 Å². The summed E-state index contributed by atoms with van der Waals surface area (Å²) >= 11 is 0. The highest BCUT2D eigenvalue weighted by molar-refractivity contribution is 5.68. The lowest BCUT2D eigenvalue weighted by Crippen LogP contribution is -2.48. The van der Waals surface area contributed by atoms with Crippen molar-refractivity contribution in [2.45, 2.75) is 59.1 Å². The molecule has 1 aliphatic rings. The zero-order chi connectivity index (χ0) is 18.4. The minimum Gasteiger partial charge on any atom is -0.444 e. The maximum atomic E-state index is 12.3. The van der Waals surface area contributed by atoms with Gasteiger partial charge in [0, 0.05) is 31.4 Å². The van der Waals surface area contributed by atoms with E-state index >= 15 is 0 Å². The van der Waals surface area contributed by atoms with Crippen molar-refractivity contribution in [2.24, 2.45) is 0 Å². The van der Waals surface area contributed by atoms with E-state index < -0.39 is 5.60 Å². The summed E-state index contributed by atoms with van der Waals surface area (Å²) in [6.07, 6.45) is 4.00. The Morgan fingerprint density at radius 1 is 1.20 bits per heavy atom. The Kier molecular flexibility index (Phi) is 6.51. The molecule has 1 aromatic rings. The van der Waals surface area contributed by atoms with E-state index in [1.54, 1.807) is 0 Å². The smallest absolute Gasteiger partial charge is 0.410 e. The second-order valence-electron chi connectivity index (χ2n) is 7.97. The van der Waals surface area contributed by atoms with Gasteiger partial charge in [0.15, 0.2) is 0 Å². The first-order valence-electron chi connectivity index (χ1n) is 9.19. The first-order valence-corrected chi connectivity index (χ1v) is 9.19. The van der Waals surface area contributed by atoms with Gasteiger partial charge in [0.05, 0.1) is 0 Å². The van der Waals surface area contributed by atoms with Gasteiger partial charge < -0.3 is 14.5 Å². The maximum Gasteiger partial charge on any atom is 0.410 e. The summed E-state index contributed by atoms with van der Waals surface area (Å²) in [6.45, 7) is 12.4. The maximum absolute atomic E-state index is 12.3. The number of anilines is 1. The molecule has 4 heteroatoms. The minimum absolute atomic E-state index is 0.193. The molecule has 2 rings (SSSR count). The molecule has 0 N–H and O–H groups in total. The molecule has 138 valence electrons. The molecule has 25 heavy (non-hydrogen) atoms. The second kappa shape index (κ2) is 8.41. The number of nitrogens with zero attached hydrogens (tertiary/aromatic N) is 2. The highest BCUT2D eigenvalue weighted by Crippen LogP contribution is 2.24. The molecule has 0 unspecified atom stereocenters. The molecule has 1 heterocycles. The van der Waals surface area contributed by atoms with Crippen molar-refractivity contribution < 1.29 is 9.53 Å². The number of carbonyl (C=O) groups excluding carboxylic acids is 1. The van der Waals surface area contributed by atoms with Crippen molar-refractivity contribution in [1.29, 1.82) is 0 Å². The molecule has 1 aromatic carbocycles. The van der Waals surface area contributed by atoms with Crippen LogP contribution >= 0.6 is 0 Å². The normalized spacial score (nSPS) is 15.6. The lowest BCUT2D eigenvalue weighted by atomic mass is 10.0. The van der Waals surface area contributed by atoms with Crippen molar-refractivity contribution in [3.8, 4) is 0 Å². The van der Waals surface area contributed by atoms with Crippen LogP contribution in [0.15, 0.2) is 42.0 Å². The van der Waals surface area contributed by atoms with Crippen LogP contribution < -0.4 is 4.90 Å². The van der Waals surface area contributed by atoms with Crippen molar-refractivity contribution in [2.75, 3.05) is 24.5 Å². The van der Waals surface area contributed by atoms with Crippen molar-refractivity contribution in [3.63, 3.8) is 0 Å². The summed E-state index contributed by atoms with van der Waals surface area (Å²) in [4.78, 5) is 16.6. The van der Waals surface area contributed by atoms with Crippen LogP contribution in [0.1, 0.15) is 47.5 Å².